The molecule has 1 aromatic carbocycles. The van der Waals surface area contributed by atoms with E-state index in [-0.39, 0.29) is 5.11 Å². The molecule has 0 aliphatic rings. The maximum absolute atomic E-state index is 5.46. The van der Waals surface area contributed by atoms with E-state index in [1.807, 2.05) is 47.8 Å². The van der Waals surface area contributed by atoms with Crippen LogP contribution in [0.25, 0.3) is 0 Å². The second-order valence-electron chi connectivity index (χ2n) is 3.27. The Kier molecular flexibility index (Phi) is 3.85. The second kappa shape index (κ2) is 5.56. The fourth-order valence-electron chi connectivity index (χ4n) is 1.33. The van der Waals surface area contributed by atoms with Crippen LogP contribution in [-0.2, 0) is 0 Å². The van der Waals surface area contributed by atoms with E-state index in [0.29, 0.717) is 5.84 Å². The lowest BCUT2D eigenvalue weighted by Gasteiger charge is -2.07. The summed E-state index contributed by atoms with van der Waals surface area (Å²) < 4.78 is 0. The molecule has 0 saturated carbocycles. The number of hydrogen-bond acceptors (Lipinski definition) is 2. The van der Waals surface area contributed by atoms with Crippen LogP contribution in [0.15, 0.2) is 52.8 Å². The average molecular weight is 261 g/mol. The molecule has 0 saturated heterocycles. The van der Waals surface area contributed by atoms with Crippen LogP contribution in [0.4, 0.5) is 5.69 Å². The van der Waals surface area contributed by atoms with Crippen molar-refractivity contribution in [3.05, 3.63) is 52.7 Å². The average Bonchev–Trinajstić information content (AvgIpc) is 2.82. The number of benzene rings is 1. The van der Waals surface area contributed by atoms with E-state index in [1.54, 1.807) is 11.3 Å². The van der Waals surface area contributed by atoms with Gasteiger partial charge in [-0.25, -0.2) is 4.99 Å². The number of thiocarbonyl (C=S) groups is 1. The normalized spacial score (nSPS) is 11.2. The number of nitrogens with one attached hydrogen (secondary N) is 1. The van der Waals surface area contributed by atoms with Crippen LogP contribution in [0.5, 0.6) is 0 Å². The maximum Gasteiger partial charge on any atom is 0.192 e. The number of nitrogens with zero attached hydrogens (tertiary/aromatic N) is 1. The predicted octanol–water partition coefficient (Wildman–Crippen LogP) is 2.85. The molecule has 3 N–H and O–H groups in total. The fourth-order valence-corrected chi connectivity index (χ4v) is 2.09. The molecular weight excluding hydrogens is 250 g/mol. The summed E-state index contributed by atoms with van der Waals surface area (Å²) in [5.41, 5.74) is 6.42. The number of rotatable bonds is 2. The van der Waals surface area contributed by atoms with Crippen molar-refractivity contribution in [2.24, 2.45) is 10.7 Å². The number of thiophene rings is 1. The molecule has 2 aromatic rings. The van der Waals surface area contributed by atoms with Crippen molar-refractivity contribution >= 4 is 40.2 Å². The molecule has 0 fully saturated rings. The first-order valence-corrected chi connectivity index (χ1v) is 6.28. The van der Waals surface area contributed by atoms with Crippen LogP contribution < -0.4 is 11.1 Å². The van der Waals surface area contributed by atoms with E-state index < -0.39 is 0 Å². The van der Waals surface area contributed by atoms with Gasteiger partial charge in [-0.2, -0.15) is 0 Å². The van der Waals surface area contributed by atoms with Gasteiger partial charge in [-0.3, -0.25) is 0 Å². The van der Waals surface area contributed by atoms with Crippen molar-refractivity contribution < 1.29 is 0 Å². The number of para-hydroxylation sites is 1. The minimum Gasteiger partial charge on any atom is -0.374 e. The van der Waals surface area contributed by atoms with Crippen LogP contribution in [0.1, 0.15) is 4.88 Å². The Morgan fingerprint density at radius 2 is 1.94 bits per heavy atom. The molecule has 0 bridgehead atoms. The Bertz CT molecular complexity index is 518. The fraction of sp³-hybridized carbons (Fsp3) is 0. The first kappa shape index (κ1) is 11.8. The molecule has 2 rings (SSSR count). The van der Waals surface area contributed by atoms with E-state index in [1.165, 1.54) is 0 Å². The Labute approximate surface area is 109 Å². The molecule has 1 aromatic heterocycles. The smallest absolute Gasteiger partial charge is 0.192 e. The molecule has 0 radical (unpaired) electrons. The van der Waals surface area contributed by atoms with Gasteiger partial charge in [0.1, 0.15) is 0 Å². The van der Waals surface area contributed by atoms with Crippen molar-refractivity contribution in [3.8, 4) is 0 Å². The zero-order chi connectivity index (χ0) is 12.1. The van der Waals surface area contributed by atoms with Gasteiger partial charge in [-0.05, 0) is 35.8 Å². The molecule has 0 aliphatic carbocycles. The Morgan fingerprint density at radius 1 is 1.18 bits per heavy atom. The first-order chi connectivity index (χ1) is 8.25. The molecule has 5 heteroatoms. The third-order valence-corrected chi connectivity index (χ3v) is 2.98. The summed E-state index contributed by atoms with van der Waals surface area (Å²) in [6.45, 7) is 0. The summed E-state index contributed by atoms with van der Waals surface area (Å²) >= 11 is 6.40. The number of anilines is 1. The lowest BCUT2D eigenvalue weighted by Crippen LogP contribution is -2.17. The van der Waals surface area contributed by atoms with Crippen molar-refractivity contribution in [1.82, 2.24) is 0 Å². The maximum atomic E-state index is 5.46. The third-order valence-electron chi connectivity index (χ3n) is 2.01. The highest BCUT2D eigenvalue weighted by Gasteiger charge is 2.05. The third kappa shape index (κ3) is 3.37. The highest BCUT2D eigenvalue weighted by molar-refractivity contribution is 7.80. The first-order valence-electron chi connectivity index (χ1n) is 5.00. The summed E-state index contributed by atoms with van der Waals surface area (Å²) in [4.78, 5) is 5.14. The van der Waals surface area contributed by atoms with Gasteiger partial charge < -0.3 is 11.1 Å². The summed E-state index contributed by atoms with van der Waals surface area (Å²) in [7, 11) is 0. The van der Waals surface area contributed by atoms with Gasteiger partial charge in [0.2, 0.25) is 0 Å². The molecule has 0 aliphatic heterocycles. The molecular formula is C12H11N3S2. The summed E-state index contributed by atoms with van der Waals surface area (Å²) in [6.07, 6.45) is 0. The van der Waals surface area contributed by atoms with Gasteiger partial charge in [0.25, 0.3) is 0 Å². The van der Waals surface area contributed by atoms with Crippen molar-refractivity contribution in [1.29, 1.82) is 0 Å². The molecule has 17 heavy (non-hydrogen) atoms. The minimum atomic E-state index is 0.122. The molecule has 1 heterocycles. The van der Waals surface area contributed by atoms with E-state index in [9.17, 15) is 0 Å². The van der Waals surface area contributed by atoms with Gasteiger partial charge in [-0.1, -0.05) is 24.3 Å². The van der Waals surface area contributed by atoms with Crippen molar-refractivity contribution in [2.75, 3.05) is 5.32 Å². The van der Waals surface area contributed by atoms with Gasteiger partial charge >= 0.3 is 0 Å². The van der Waals surface area contributed by atoms with Crippen LogP contribution in [-0.4, -0.2) is 10.9 Å². The molecule has 86 valence electrons. The van der Waals surface area contributed by atoms with Gasteiger partial charge in [0.05, 0.1) is 4.88 Å². The van der Waals surface area contributed by atoms with Crippen LogP contribution in [0, 0.1) is 0 Å². The largest absolute Gasteiger partial charge is 0.374 e. The summed E-state index contributed by atoms with van der Waals surface area (Å²) in [6, 6.07) is 13.7. The SMILES string of the molecule is NC(=S)/N=C(\Nc1ccccc1)c1cccs1. The van der Waals surface area contributed by atoms with Gasteiger partial charge in [0, 0.05) is 5.69 Å². The Hall–Kier alpha value is -1.72. The monoisotopic (exact) mass is 261 g/mol. The number of nitrogens with two attached hydrogens (primary N) is 1. The lowest BCUT2D eigenvalue weighted by atomic mass is 10.3. The highest BCUT2D eigenvalue weighted by atomic mass is 32.1. The van der Waals surface area contributed by atoms with Gasteiger partial charge in [0.15, 0.2) is 10.9 Å². The van der Waals surface area contributed by atoms with E-state index in [2.05, 4.69) is 10.3 Å². The number of aliphatic imine (C=N–C) groups is 1. The summed E-state index contributed by atoms with van der Waals surface area (Å²) in [5, 5.41) is 5.31. The number of amidine groups is 1. The lowest BCUT2D eigenvalue weighted by molar-refractivity contribution is 1.55. The standard InChI is InChI=1S/C12H11N3S2/c13-12(16)15-11(10-7-4-8-17-10)14-9-5-2-1-3-6-9/h1-8H,(H3,13,14,15,16). The van der Waals surface area contributed by atoms with E-state index >= 15 is 0 Å². The quantitative estimate of drug-likeness (QED) is 0.496. The van der Waals surface area contributed by atoms with Crippen molar-refractivity contribution in [3.63, 3.8) is 0 Å². The topological polar surface area (TPSA) is 50.4 Å². The molecule has 0 atom stereocenters. The predicted molar refractivity (Wildman–Crippen MR) is 77.7 cm³/mol. The Morgan fingerprint density at radius 3 is 2.53 bits per heavy atom. The molecule has 3 nitrogen and oxygen atoms in total. The second-order valence-corrected chi connectivity index (χ2v) is 4.63. The zero-order valence-electron chi connectivity index (χ0n) is 8.96. The highest BCUT2D eigenvalue weighted by Crippen LogP contribution is 2.13. The van der Waals surface area contributed by atoms with Crippen LogP contribution in [0.2, 0.25) is 0 Å². The van der Waals surface area contributed by atoms with E-state index in [0.717, 1.165) is 10.6 Å². The van der Waals surface area contributed by atoms with E-state index in [4.69, 9.17) is 18.0 Å². The molecule has 0 spiro atoms. The van der Waals surface area contributed by atoms with Gasteiger partial charge in [-0.15, -0.1) is 11.3 Å². The van der Waals surface area contributed by atoms with Crippen molar-refractivity contribution in [2.45, 2.75) is 0 Å². The molecule has 0 unspecified atom stereocenters. The number of hydrogen-bond donors (Lipinski definition) is 2. The van der Waals surface area contributed by atoms with Crippen LogP contribution in [0.3, 0.4) is 0 Å². The minimum absolute atomic E-state index is 0.122. The molecule has 0 amide bonds. The summed E-state index contributed by atoms with van der Waals surface area (Å²) in [5.74, 6) is 0.679. The zero-order valence-corrected chi connectivity index (χ0v) is 10.6. The Balaban J connectivity index is 2.27. The van der Waals surface area contributed by atoms with Crippen LogP contribution >= 0.6 is 23.6 Å².